The molecule has 0 aromatic rings. The molecule has 0 unspecified atom stereocenters. The third kappa shape index (κ3) is 1.85. The van der Waals surface area contributed by atoms with E-state index >= 15 is 0 Å². The summed E-state index contributed by atoms with van der Waals surface area (Å²) in [5.74, 6) is -4.78. The monoisotopic (exact) mass is 195 g/mol. The van der Waals surface area contributed by atoms with Crippen molar-refractivity contribution in [1.29, 1.82) is 0 Å². The largest absolute Gasteiger partial charge is 0.480 e. The Kier molecular flexibility index (Phi) is 2.10. The van der Waals surface area contributed by atoms with E-state index in [9.17, 15) is 18.4 Å². The molecule has 1 aliphatic rings. The van der Waals surface area contributed by atoms with Gasteiger partial charge in [-0.3, -0.25) is 4.90 Å². The van der Waals surface area contributed by atoms with Gasteiger partial charge in [-0.05, 0) is 0 Å². The molecule has 0 aromatic carbocycles. The van der Waals surface area contributed by atoms with Gasteiger partial charge in [-0.25, -0.2) is 18.4 Å². The molecule has 1 rings (SSSR count). The molecule has 5 nitrogen and oxygen atoms in total. The number of rotatable bonds is 1. The zero-order valence-corrected chi connectivity index (χ0v) is 6.41. The van der Waals surface area contributed by atoms with E-state index in [1.807, 2.05) is 0 Å². The Labute approximate surface area is 71.6 Å². The maximum atomic E-state index is 12.6. The van der Waals surface area contributed by atoms with Gasteiger partial charge in [0.05, 0.1) is 6.54 Å². The summed E-state index contributed by atoms with van der Waals surface area (Å²) in [6.45, 7) is -1.04. The molecule has 0 radical (unpaired) electrons. The number of aliphatic carboxylic acids is 1. The van der Waals surface area contributed by atoms with Gasteiger partial charge in [0, 0.05) is 6.42 Å². The van der Waals surface area contributed by atoms with Crippen molar-refractivity contribution < 1.29 is 28.6 Å². The lowest BCUT2D eigenvalue weighted by Gasteiger charge is -2.15. The average molecular weight is 195 g/mol. The predicted molar refractivity (Wildman–Crippen MR) is 35.7 cm³/mol. The molecular formula is C6H7F2NO4. The Morgan fingerprint density at radius 1 is 1.38 bits per heavy atom. The first-order valence-corrected chi connectivity index (χ1v) is 3.44. The molecule has 0 spiro atoms. The van der Waals surface area contributed by atoms with Gasteiger partial charge in [0.25, 0.3) is 5.92 Å². The van der Waals surface area contributed by atoms with Crippen molar-refractivity contribution in [1.82, 2.24) is 4.90 Å². The minimum Gasteiger partial charge on any atom is -0.480 e. The molecule has 1 fully saturated rings. The van der Waals surface area contributed by atoms with Crippen LogP contribution in [0.15, 0.2) is 0 Å². The molecule has 7 heteroatoms. The van der Waals surface area contributed by atoms with Crippen LogP contribution < -0.4 is 0 Å². The maximum absolute atomic E-state index is 12.6. The minimum atomic E-state index is -3.23. The van der Waals surface area contributed by atoms with Crippen molar-refractivity contribution in [2.24, 2.45) is 0 Å². The number of carboxylic acids is 1. The fraction of sp³-hybridized carbons (Fsp3) is 0.667. The lowest BCUT2D eigenvalue weighted by molar-refractivity contribution is -0.141. The quantitative estimate of drug-likeness (QED) is 0.637. The third-order valence-corrected chi connectivity index (χ3v) is 1.80. The smallest absolute Gasteiger partial charge is 0.408 e. The zero-order chi connectivity index (χ0) is 10.2. The Balaban J connectivity index is 2.83. The van der Waals surface area contributed by atoms with Gasteiger partial charge in [-0.15, -0.1) is 0 Å². The Morgan fingerprint density at radius 3 is 2.23 bits per heavy atom. The number of likely N-dealkylation sites (tertiary alicyclic amines) is 1. The molecule has 13 heavy (non-hydrogen) atoms. The van der Waals surface area contributed by atoms with E-state index in [0.717, 1.165) is 0 Å². The third-order valence-electron chi connectivity index (χ3n) is 1.80. The van der Waals surface area contributed by atoms with E-state index in [2.05, 4.69) is 0 Å². The van der Waals surface area contributed by atoms with Crippen LogP contribution in [0.2, 0.25) is 0 Å². The summed E-state index contributed by atoms with van der Waals surface area (Å²) >= 11 is 0. The summed E-state index contributed by atoms with van der Waals surface area (Å²) < 4.78 is 25.2. The molecule has 1 amide bonds. The van der Waals surface area contributed by atoms with E-state index in [1.54, 1.807) is 0 Å². The Hall–Kier alpha value is -1.40. The van der Waals surface area contributed by atoms with Crippen molar-refractivity contribution in [2.75, 3.05) is 6.54 Å². The number of carbonyl (C=O) groups is 2. The molecule has 0 aromatic heterocycles. The molecule has 0 bridgehead atoms. The highest BCUT2D eigenvalue weighted by atomic mass is 19.3. The van der Waals surface area contributed by atoms with E-state index in [-0.39, 0.29) is 4.90 Å². The summed E-state index contributed by atoms with van der Waals surface area (Å²) in [4.78, 5) is 20.9. The first-order valence-electron chi connectivity index (χ1n) is 3.44. The van der Waals surface area contributed by atoms with Crippen LogP contribution in [0.25, 0.3) is 0 Å². The van der Waals surface area contributed by atoms with Crippen LogP contribution >= 0.6 is 0 Å². The molecule has 1 heterocycles. The van der Waals surface area contributed by atoms with Crippen LogP contribution in [0.4, 0.5) is 13.6 Å². The standard InChI is InChI=1S/C6H7F2NO4/c7-6(8)1-3(4(10)11)9(2-6)5(12)13/h3H,1-2H2,(H,10,11)(H,12,13)/t3-/m0/s1. The van der Waals surface area contributed by atoms with Crippen molar-refractivity contribution in [3.8, 4) is 0 Å². The number of nitrogens with zero attached hydrogens (tertiary/aromatic N) is 1. The average Bonchev–Trinajstić information content (AvgIpc) is 2.26. The van der Waals surface area contributed by atoms with Gasteiger partial charge in [0.15, 0.2) is 0 Å². The van der Waals surface area contributed by atoms with Crippen molar-refractivity contribution in [2.45, 2.75) is 18.4 Å². The minimum absolute atomic E-state index is 0.238. The second kappa shape index (κ2) is 2.82. The van der Waals surface area contributed by atoms with E-state index in [1.165, 1.54) is 0 Å². The molecule has 1 atom stereocenters. The van der Waals surface area contributed by atoms with Gasteiger partial charge < -0.3 is 10.2 Å². The highest BCUT2D eigenvalue weighted by molar-refractivity contribution is 5.80. The number of amides is 1. The number of alkyl halides is 2. The molecule has 0 aliphatic carbocycles. The predicted octanol–water partition coefficient (Wildman–Crippen LogP) is 0.459. The number of halogens is 2. The fourth-order valence-corrected chi connectivity index (χ4v) is 1.24. The molecule has 1 aliphatic heterocycles. The summed E-state index contributed by atoms with van der Waals surface area (Å²) in [6.07, 6.45) is -2.58. The van der Waals surface area contributed by atoms with Crippen LogP contribution in [-0.2, 0) is 4.79 Å². The lowest BCUT2D eigenvalue weighted by Crippen LogP contribution is -2.39. The Morgan fingerprint density at radius 2 is 1.92 bits per heavy atom. The second-order valence-corrected chi connectivity index (χ2v) is 2.82. The zero-order valence-electron chi connectivity index (χ0n) is 6.41. The second-order valence-electron chi connectivity index (χ2n) is 2.82. The highest BCUT2D eigenvalue weighted by Crippen LogP contribution is 2.31. The van der Waals surface area contributed by atoms with E-state index in [4.69, 9.17) is 10.2 Å². The van der Waals surface area contributed by atoms with Crippen LogP contribution in [0.1, 0.15) is 6.42 Å². The lowest BCUT2D eigenvalue weighted by atomic mass is 10.2. The highest BCUT2D eigenvalue weighted by Gasteiger charge is 2.50. The van der Waals surface area contributed by atoms with Crippen LogP contribution in [0.3, 0.4) is 0 Å². The van der Waals surface area contributed by atoms with Gasteiger partial charge >= 0.3 is 12.1 Å². The maximum Gasteiger partial charge on any atom is 0.408 e. The topological polar surface area (TPSA) is 77.8 Å². The van der Waals surface area contributed by atoms with E-state index < -0.39 is 37.0 Å². The molecule has 0 saturated carbocycles. The first-order chi connectivity index (χ1) is 5.83. The summed E-state index contributed by atoms with van der Waals surface area (Å²) in [5.41, 5.74) is 0. The van der Waals surface area contributed by atoms with Crippen molar-refractivity contribution in [3.05, 3.63) is 0 Å². The van der Waals surface area contributed by atoms with Gasteiger partial charge in [-0.1, -0.05) is 0 Å². The van der Waals surface area contributed by atoms with Crippen LogP contribution in [0, 0.1) is 0 Å². The van der Waals surface area contributed by atoms with E-state index in [0.29, 0.717) is 0 Å². The normalized spacial score (nSPS) is 26.0. The SMILES string of the molecule is O=C(O)[C@@H]1CC(F)(F)CN1C(=O)O. The van der Waals surface area contributed by atoms with Gasteiger partial charge in [-0.2, -0.15) is 0 Å². The first kappa shape index (κ1) is 9.69. The van der Waals surface area contributed by atoms with Crippen molar-refractivity contribution >= 4 is 12.1 Å². The Bertz CT molecular complexity index is 231. The summed E-state index contributed by atoms with van der Waals surface area (Å²) in [6, 6.07) is -1.63. The summed E-state index contributed by atoms with van der Waals surface area (Å²) in [7, 11) is 0. The van der Waals surface area contributed by atoms with Gasteiger partial charge in [0.1, 0.15) is 6.04 Å². The molecule has 2 N–H and O–H groups in total. The number of hydrogen-bond acceptors (Lipinski definition) is 2. The number of carboxylic acid groups (broad SMARTS) is 2. The summed E-state index contributed by atoms with van der Waals surface area (Å²) in [5, 5.41) is 16.8. The van der Waals surface area contributed by atoms with Crippen LogP contribution in [0.5, 0.6) is 0 Å². The number of hydrogen-bond donors (Lipinski definition) is 2. The van der Waals surface area contributed by atoms with Crippen LogP contribution in [-0.4, -0.2) is 45.7 Å². The molecular weight excluding hydrogens is 188 g/mol. The molecule has 74 valence electrons. The molecule has 1 saturated heterocycles. The van der Waals surface area contributed by atoms with Gasteiger partial charge in [0.2, 0.25) is 0 Å². The van der Waals surface area contributed by atoms with Crippen molar-refractivity contribution in [3.63, 3.8) is 0 Å². The fourth-order valence-electron chi connectivity index (χ4n) is 1.24.